The zero-order valence-electron chi connectivity index (χ0n) is 21.3. The van der Waals surface area contributed by atoms with Crippen LogP contribution in [0, 0.1) is 0 Å². The van der Waals surface area contributed by atoms with Gasteiger partial charge in [-0.2, -0.15) is 26.3 Å². The lowest BCUT2D eigenvalue weighted by Gasteiger charge is -2.15. The van der Waals surface area contributed by atoms with Crippen LogP contribution in [-0.4, -0.2) is 42.2 Å². The normalized spacial score (nSPS) is 12.0. The zero-order valence-corrected chi connectivity index (χ0v) is 22.1. The minimum Gasteiger partial charge on any atom is -0.355 e. The average molecular weight is 621 g/mol. The van der Waals surface area contributed by atoms with E-state index in [1.54, 1.807) is 12.1 Å². The molecule has 0 atom stereocenters. The Labute approximate surface area is 242 Å². The monoisotopic (exact) mass is 620 g/mol. The Balaban J connectivity index is 1.67. The number of benzene rings is 2. The van der Waals surface area contributed by atoms with Crippen LogP contribution in [0.25, 0.3) is 22.7 Å². The Hall–Kier alpha value is -4.92. The number of carbonyl (C=O) groups is 2. The molecule has 220 valence electrons. The highest BCUT2D eigenvalue weighted by atomic mass is 35.5. The lowest BCUT2D eigenvalue weighted by atomic mass is 9.98. The number of ketones is 1. The van der Waals surface area contributed by atoms with Crippen LogP contribution in [0.2, 0.25) is 5.02 Å². The number of alkyl halides is 6. The molecular weight excluding hydrogens is 606 g/mol. The summed E-state index contributed by atoms with van der Waals surface area (Å²) in [4.78, 5) is 33.4. The first-order chi connectivity index (χ1) is 20.4. The summed E-state index contributed by atoms with van der Waals surface area (Å²) in [6.07, 6.45) is -6.25. The molecule has 0 aliphatic heterocycles. The lowest BCUT2D eigenvalue weighted by molar-refractivity contribution is -0.143. The molecule has 3 aromatic heterocycles. The Bertz CT molecular complexity index is 1790. The van der Waals surface area contributed by atoms with Crippen LogP contribution in [0.1, 0.15) is 38.4 Å². The number of halogens is 7. The van der Waals surface area contributed by atoms with Crippen molar-refractivity contribution in [1.82, 2.24) is 30.1 Å². The van der Waals surface area contributed by atoms with Crippen LogP contribution in [0.4, 0.5) is 26.3 Å². The summed E-state index contributed by atoms with van der Waals surface area (Å²) in [6, 6.07) is 7.39. The summed E-state index contributed by atoms with van der Waals surface area (Å²) >= 11 is 6.30. The van der Waals surface area contributed by atoms with Gasteiger partial charge in [0.2, 0.25) is 5.78 Å². The first-order valence-corrected chi connectivity index (χ1v) is 12.5. The van der Waals surface area contributed by atoms with Crippen molar-refractivity contribution in [3.63, 3.8) is 0 Å². The maximum Gasteiger partial charge on any atom is 0.416 e. The number of hydrogen-bond donors (Lipinski definition) is 0. The van der Waals surface area contributed by atoms with Crippen molar-refractivity contribution < 1.29 is 40.5 Å². The molecule has 0 fully saturated rings. The number of hydrogen-bond acceptors (Lipinski definition) is 8. The van der Waals surface area contributed by atoms with E-state index in [1.165, 1.54) is 30.7 Å². The van der Waals surface area contributed by atoms with E-state index in [0.717, 1.165) is 4.68 Å². The van der Waals surface area contributed by atoms with Crippen LogP contribution in [0.5, 0.6) is 0 Å². The second kappa shape index (κ2) is 11.4. The van der Waals surface area contributed by atoms with E-state index in [9.17, 15) is 35.9 Å². The third-order valence-electron chi connectivity index (χ3n) is 6.12. The lowest BCUT2D eigenvalue weighted by Crippen LogP contribution is -2.14. The van der Waals surface area contributed by atoms with Gasteiger partial charge in [-0.25, -0.2) is 4.68 Å². The third kappa shape index (κ3) is 6.02. The average Bonchev–Trinajstić information content (AvgIpc) is 3.57. The van der Waals surface area contributed by atoms with Gasteiger partial charge in [-0.3, -0.25) is 14.8 Å². The van der Waals surface area contributed by atoms with E-state index in [2.05, 4.69) is 25.4 Å². The second-order valence-electron chi connectivity index (χ2n) is 8.96. The number of rotatable bonds is 8. The molecule has 0 saturated carbocycles. The van der Waals surface area contributed by atoms with Gasteiger partial charge in [0, 0.05) is 24.4 Å². The van der Waals surface area contributed by atoms with Crippen molar-refractivity contribution in [1.29, 1.82) is 0 Å². The predicted octanol–water partition coefficient (Wildman–Crippen LogP) is 6.10. The van der Waals surface area contributed by atoms with Crippen LogP contribution < -0.4 is 0 Å². The highest BCUT2D eigenvalue weighted by molar-refractivity contribution is 6.33. The van der Waals surface area contributed by atoms with E-state index in [-0.39, 0.29) is 51.5 Å². The number of aromatic nitrogens is 6. The second-order valence-corrected chi connectivity index (χ2v) is 9.37. The summed E-state index contributed by atoms with van der Waals surface area (Å²) in [5.74, 6) is -0.972. The molecule has 5 aromatic rings. The molecule has 0 spiro atoms. The number of nitrogens with zero attached hydrogens (tertiary/aromatic N) is 6. The van der Waals surface area contributed by atoms with E-state index in [4.69, 9.17) is 16.1 Å². The maximum absolute atomic E-state index is 14.0. The smallest absolute Gasteiger partial charge is 0.355 e. The molecule has 3 heterocycles. The fourth-order valence-electron chi connectivity index (χ4n) is 4.26. The Morgan fingerprint density at radius 1 is 1.00 bits per heavy atom. The molecular formula is C27H15ClF6N6O3. The van der Waals surface area contributed by atoms with Crippen molar-refractivity contribution in [3.8, 4) is 22.7 Å². The Kier molecular flexibility index (Phi) is 7.84. The summed E-state index contributed by atoms with van der Waals surface area (Å²) in [6.45, 7) is -0.665. The molecule has 0 aliphatic rings. The minimum atomic E-state index is -5.08. The molecule has 0 amide bonds. The van der Waals surface area contributed by atoms with Gasteiger partial charge in [-0.15, -0.1) is 5.10 Å². The molecule has 0 unspecified atom stereocenters. The fourth-order valence-corrected chi connectivity index (χ4v) is 4.48. The van der Waals surface area contributed by atoms with E-state index in [0.29, 0.717) is 18.4 Å². The highest BCUT2D eigenvalue weighted by Crippen LogP contribution is 2.38. The first kappa shape index (κ1) is 29.6. The summed E-state index contributed by atoms with van der Waals surface area (Å²) in [5, 5.41) is 11.8. The van der Waals surface area contributed by atoms with Crippen molar-refractivity contribution in [2.45, 2.75) is 25.3 Å². The molecule has 5 rings (SSSR count). The van der Waals surface area contributed by atoms with Gasteiger partial charge >= 0.3 is 12.4 Å². The Morgan fingerprint density at radius 3 is 2.30 bits per heavy atom. The van der Waals surface area contributed by atoms with Crippen molar-refractivity contribution in [2.75, 3.05) is 0 Å². The number of aldehydes is 1. The zero-order chi connectivity index (χ0) is 30.9. The van der Waals surface area contributed by atoms with Gasteiger partial charge in [0.1, 0.15) is 23.4 Å². The molecule has 0 bridgehead atoms. The quantitative estimate of drug-likeness (QED) is 0.116. The molecule has 0 N–H and O–H groups in total. The highest BCUT2D eigenvalue weighted by Gasteiger charge is 2.37. The molecule has 0 aliphatic carbocycles. The molecule has 2 aromatic carbocycles. The summed E-state index contributed by atoms with van der Waals surface area (Å²) in [7, 11) is 0. The Morgan fingerprint density at radius 2 is 1.70 bits per heavy atom. The van der Waals surface area contributed by atoms with Gasteiger partial charge < -0.3 is 9.32 Å². The van der Waals surface area contributed by atoms with Crippen molar-refractivity contribution >= 4 is 23.7 Å². The SMILES string of the molecule is O=CCc1noc(-c2ccccc2Cl)c1C(=O)c1nnn(Cc2cc(C(F)(F)F)cc(C(F)(F)F)c2)c1-c1cnccn1. The van der Waals surface area contributed by atoms with E-state index < -0.39 is 47.1 Å². The predicted molar refractivity (Wildman–Crippen MR) is 137 cm³/mol. The van der Waals surface area contributed by atoms with Crippen LogP contribution in [-0.2, 0) is 30.1 Å². The van der Waals surface area contributed by atoms with Gasteiger partial charge in [0.05, 0.1) is 34.5 Å². The number of carbonyl (C=O) groups excluding carboxylic acids is 2. The fraction of sp³-hybridized carbons (Fsp3) is 0.148. The third-order valence-corrected chi connectivity index (χ3v) is 6.45. The van der Waals surface area contributed by atoms with Gasteiger partial charge in [0.15, 0.2) is 11.5 Å². The minimum absolute atomic E-state index is 0.0000825. The topological polar surface area (TPSA) is 117 Å². The molecule has 16 heteroatoms. The summed E-state index contributed by atoms with van der Waals surface area (Å²) in [5.41, 5.74) is -4.10. The van der Waals surface area contributed by atoms with Crippen LogP contribution in [0.3, 0.4) is 0 Å². The van der Waals surface area contributed by atoms with Crippen LogP contribution >= 0.6 is 11.6 Å². The molecule has 0 radical (unpaired) electrons. The van der Waals surface area contributed by atoms with Gasteiger partial charge in [0.25, 0.3) is 0 Å². The summed E-state index contributed by atoms with van der Waals surface area (Å²) < 4.78 is 87.2. The van der Waals surface area contributed by atoms with Crippen molar-refractivity contribution in [3.05, 3.63) is 99.7 Å². The van der Waals surface area contributed by atoms with Crippen molar-refractivity contribution in [2.24, 2.45) is 0 Å². The molecule has 43 heavy (non-hydrogen) atoms. The maximum atomic E-state index is 14.0. The van der Waals surface area contributed by atoms with Gasteiger partial charge in [-0.1, -0.05) is 34.1 Å². The first-order valence-electron chi connectivity index (χ1n) is 12.1. The standard InChI is InChI=1S/C27H15ClF6N6O3/c28-18-4-2-1-3-17(18)25-21(19(5-8-41)38-43-25)24(42)22-23(20-12-35-6-7-36-20)40(39-37-22)13-14-9-15(26(29,30)31)11-16(10-14)27(32,33)34/h1-4,6-12H,5,13H2. The van der Waals surface area contributed by atoms with Crippen LogP contribution in [0.15, 0.2) is 65.6 Å². The van der Waals surface area contributed by atoms with Gasteiger partial charge in [-0.05, 0) is 35.9 Å². The largest absolute Gasteiger partial charge is 0.416 e. The molecule has 0 saturated heterocycles. The van der Waals surface area contributed by atoms with E-state index in [1.807, 2.05) is 0 Å². The van der Waals surface area contributed by atoms with E-state index >= 15 is 0 Å². The molecule has 9 nitrogen and oxygen atoms in total.